The molecule has 0 aromatic carbocycles. The van der Waals surface area contributed by atoms with Crippen molar-refractivity contribution in [2.24, 2.45) is 5.92 Å². The van der Waals surface area contributed by atoms with Crippen molar-refractivity contribution in [1.29, 1.82) is 0 Å². The van der Waals surface area contributed by atoms with Gasteiger partial charge in [0.15, 0.2) is 0 Å². The van der Waals surface area contributed by atoms with Crippen LogP contribution in [0.2, 0.25) is 0 Å². The van der Waals surface area contributed by atoms with E-state index in [2.05, 4.69) is 9.88 Å². The standard InChI is InChI=1S/C14H21N3O/c18-14(16-10-8-15-11-16)17-9-4-7-13(17)12-5-2-1-3-6-12/h8,10-13H,1-7,9H2/t13-/m1/s1. The van der Waals surface area contributed by atoms with Crippen LogP contribution in [0.4, 0.5) is 4.79 Å². The first-order valence-corrected chi connectivity index (χ1v) is 7.15. The molecule has 3 rings (SSSR count). The number of rotatable bonds is 1. The third-order valence-electron chi connectivity index (χ3n) is 4.46. The molecule has 0 bridgehead atoms. The molecule has 98 valence electrons. The summed E-state index contributed by atoms with van der Waals surface area (Å²) in [5.74, 6) is 0.730. The molecule has 4 nitrogen and oxygen atoms in total. The lowest BCUT2D eigenvalue weighted by Gasteiger charge is -2.33. The highest BCUT2D eigenvalue weighted by Gasteiger charge is 2.35. The first-order valence-electron chi connectivity index (χ1n) is 7.15. The molecule has 1 atom stereocenters. The topological polar surface area (TPSA) is 38.1 Å². The minimum atomic E-state index is 0.112. The van der Waals surface area contributed by atoms with Gasteiger partial charge in [-0.3, -0.25) is 4.57 Å². The van der Waals surface area contributed by atoms with Crippen LogP contribution in [0.25, 0.3) is 0 Å². The summed E-state index contributed by atoms with van der Waals surface area (Å²) in [5, 5.41) is 0. The van der Waals surface area contributed by atoms with Crippen molar-refractivity contribution in [2.75, 3.05) is 6.54 Å². The first kappa shape index (κ1) is 11.8. The zero-order chi connectivity index (χ0) is 12.4. The van der Waals surface area contributed by atoms with Crippen LogP contribution in [0.5, 0.6) is 0 Å². The van der Waals surface area contributed by atoms with E-state index in [0.29, 0.717) is 6.04 Å². The number of carbonyl (C=O) groups excluding carboxylic acids is 1. The third kappa shape index (κ3) is 2.16. The van der Waals surface area contributed by atoms with E-state index in [1.807, 2.05) is 0 Å². The first-order chi connectivity index (χ1) is 8.86. The van der Waals surface area contributed by atoms with E-state index in [9.17, 15) is 4.79 Å². The van der Waals surface area contributed by atoms with Gasteiger partial charge in [0.2, 0.25) is 0 Å². The fourth-order valence-electron chi connectivity index (χ4n) is 3.56. The maximum absolute atomic E-state index is 12.4. The molecule has 0 unspecified atom stereocenters. The predicted octanol–water partition coefficient (Wildman–Crippen LogP) is 2.90. The van der Waals surface area contributed by atoms with Gasteiger partial charge in [0, 0.05) is 25.0 Å². The summed E-state index contributed by atoms with van der Waals surface area (Å²) < 4.78 is 1.61. The van der Waals surface area contributed by atoms with Crippen LogP contribution in [0.3, 0.4) is 0 Å². The maximum Gasteiger partial charge on any atom is 0.329 e. The van der Waals surface area contributed by atoms with Crippen LogP contribution in [0.1, 0.15) is 44.9 Å². The number of imidazole rings is 1. The second-order valence-corrected chi connectivity index (χ2v) is 5.55. The molecule has 0 N–H and O–H groups in total. The second-order valence-electron chi connectivity index (χ2n) is 5.55. The monoisotopic (exact) mass is 247 g/mol. The Bertz CT molecular complexity index is 395. The van der Waals surface area contributed by atoms with E-state index in [1.54, 1.807) is 23.3 Å². The van der Waals surface area contributed by atoms with Gasteiger partial charge >= 0.3 is 6.03 Å². The molecule has 18 heavy (non-hydrogen) atoms. The maximum atomic E-state index is 12.4. The minimum Gasteiger partial charge on any atom is -0.321 e. The van der Waals surface area contributed by atoms with Crippen molar-refractivity contribution in [3.8, 4) is 0 Å². The van der Waals surface area contributed by atoms with Gasteiger partial charge in [0.05, 0.1) is 0 Å². The number of hydrogen-bond donors (Lipinski definition) is 0. The lowest BCUT2D eigenvalue weighted by Crippen LogP contribution is -2.42. The number of amides is 1. The molecular formula is C14H21N3O. The molecule has 4 heteroatoms. The Morgan fingerprint density at radius 1 is 1.11 bits per heavy atom. The van der Waals surface area contributed by atoms with Crippen LogP contribution in [0.15, 0.2) is 18.7 Å². The van der Waals surface area contributed by atoms with Gasteiger partial charge in [-0.15, -0.1) is 0 Å². The molecule has 2 aliphatic rings. The van der Waals surface area contributed by atoms with Gasteiger partial charge in [-0.1, -0.05) is 19.3 Å². The average molecular weight is 247 g/mol. The number of carbonyl (C=O) groups is 1. The Morgan fingerprint density at radius 3 is 2.67 bits per heavy atom. The van der Waals surface area contributed by atoms with Crippen LogP contribution >= 0.6 is 0 Å². The summed E-state index contributed by atoms with van der Waals surface area (Å²) in [6.45, 7) is 0.915. The van der Waals surface area contributed by atoms with Gasteiger partial charge in [0.25, 0.3) is 0 Å². The summed E-state index contributed by atoms with van der Waals surface area (Å²) in [6, 6.07) is 0.584. The molecule has 2 heterocycles. The predicted molar refractivity (Wildman–Crippen MR) is 69.3 cm³/mol. The molecule has 1 aromatic rings. The van der Waals surface area contributed by atoms with Gasteiger partial charge in [-0.25, -0.2) is 9.78 Å². The second kappa shape index (κ2) is 5.12. The van der Waals surface area contributed by atoms with Crippen LogP contribution in [0, 0.1) is 5.92 Å². The van der Waals surface area contributed by atoms with E-state index in [4.69, 9.17) is 0 Å². The molecule has 1 saturated carbocycles. The Balaban J connectivity index is 1.72. The zero-order valence-electron chi connectivity index (χ0n) is 10.8. The SMILES string of the molecule is O=C(N1CCC[C@@H]1C1CCCCC1)n1ccnc1. The lowest BCUT2D eigenvalue weighted by atomic mass is 9.83. The Labute approximate surface area is 108 Å². The fraction of sp³-hybridized carbons (Fsp3) is 0.714. The minimum absolute atomic E-state index is 0.112. The average Bonchev–Trinajstić information content (AvgIpc) is 3.10. The highest BCUT2D eigenvalue weighted by Crippen LogP contribution is 2.34. The number of hydrogen-bond acceptors (Lipinski definition) is 2. The summed E-state index contributed by atoms with van der Waals surface area (Å²) in [6.07, 6.45) is 14.0. The summed E-state index contributed by atoms with van der Waals surface area (Å²) in [7, 11) is 0. The lowest BCUT2D eigenvalue weighted by molar-refractivity contribution is 0.157. The fourth-order valence-corrected chi connectivity index (χ4v) is 3.56. The summed E-state index contributed by atoms with van der Waals surface area (Å²) in [4.78, 5) is 18.5. The molecule has 0 radical (unpaired) electrons. The smallest absolute Gasteiger partial charge is 0.321 e. The summed E-state index contributed by atoms with van der Waals surface area (Å²) in [5.41, 5.74) is 0. The van der Waals surface area contributed by atoms with E-state index in [0.717, 1.165) is 18.9 Å². The molecule has 2 fully saturated rings. The number of aromatic nitrogens is 2. The largest absolute Gasteiger partial charge is 0.329 e. The van der Waals surface area contributed by atoms with Crippen LogP contribution in [-0.2, 0) is 0 Å². The third-order valence-corrected chi connectivity index (χ3v) is 4.46. The van der Waals surface area contributed by atoms with E-state index in [1.165, 1.54) is 38.5 Å². The van der Waals surface area contributed by atoms with Crippen molar-refractivity contribution in [1.82, 2.24) is 14.5 Å². The van der Waals surface area contributed by atoms with E-state index in [-0.39, 0.29) is 6.03 Å². The van der Waals surface area contributed by atoms with E-state index < -0.39 is 0 Å². The van der Waals surface area contributed by atoms with Crippen molar-refractivity contribution >= 4 is 6.03 Å². The Kier molecular flexibility index (Phi) is 3.35. The normalized spacial score (nSPS) is 25.6. The molecule has 1 aliphatic carbocycles. The van der Waals surface area contributed by atoms with Crippen molar-refractivity contribution in [2.45, 2.75) is 51.0 Å². The van der Waals surface area contributed by atoms with Crippen molar-refractivity contribution in [3.63, 3.8) is 0 Å². The molecule has 1 aromatic heterocycles. The van der Waals surface area contributed by atoms with Crippen molar-refractivity contribution in [3.05, 3.63) is 18.7 Å². The van der Waals surface area contributed by atoms with Crippen molar-refractivity contribution < 1.29 is 4.79 Å². The highest BCUT2D eigenvalue weighted by molar-refractivity contribution is 5.77. The van der Waals surface area contributed by atoms with Gasteiger partial charge in [0.1, 0.15) is 6.33 Å². The molecule has 1 aliphatic heterocycles. The quantitative estimate of drug-likeness (QED) is 0.765. The Morgan fingerprint density at radius 2 is 1.94 bits per heavy atom. The molecular weight excluding hydrogens is 226 g/mol. The molecule has 1 amide bonds. The number of likely N-dealkylation sites (tertiary alicyclic amines) is 1. The van der Waals surface area contributed by atoms with E-state index >= 15 is 0 Å². The Hall–Kier alpha value is -1.32. The zero-order valence-corrected chi connectivity index (χ0v) is 10.8. The highest BCUT2D eigenvalue weighted by atomic mass is 16.2. The van der Waals surface area contributed by atoms with Crippen LogP contribution in [-0.4, -0.2) is 33.1 Å². The molecule has 0 spiro atoms. The summed E-state index contributed by atoms with van der Waals surface area (Å²) >= 11 is 0. The van der Waals surface area contributed by atoms with Gasteiger partial charge in [-0.05, 0) is 31.6 Å². The molecule has 1 saturated heterocycles. The van der Waals surface area contributed by atoms with Gasteiger partial charge in [-0.2, -0.15) is 0 Å². The van der Waals surface area contributed by atoms with Crippen LogP contribution < -0.4 is 0 Å². The van der Waals surface area contributed by atoms with Gasteiger partial charge < -0.3 is 4.90 Å². The number of nitrogens with zero attached hydrogens (tertiary/aromatic N) is 3.